The molecule has 5 rings (SSSR count). The van der Waals surface area contributed by atoms with Gasteiger partial charge in [-0.3, -0.25) is 19.2 Å². The highest BCUT2D eigenvalue weighted by molar-refractivity contribution is 7.75. The SMILES string of the molecule is CCCCCC/C=C\CCCOc1cccc(C(=O)N[C@@H]2C(OC3C(CO)OC(OC4C(CO)OC(OC5C(COS)OC(O)[C@@H](NC(C)=O)C5O)[C@@H](NC(C)=O)C4O)[C@@H](NC(C)=O)C3O)OC(CO)C(O)C2O)c1. The summed E-state index contributed by atoms with van der Waals surface area (Å²) in [5.74, 6) is -2.53. The molecule has 75 heavy (non-hydrogen) atoms. The minimum Gasteiger partial charge on any atom is -0.494 e. The predicted molar refractivity (Wildman–Crippen MR) is 261 cm³/mol. The second-order valence-corrected chi connectivity index (χ2v) is 19.1. The van der Waals surface area contributed by atoms with Crippen LogP contribution in [0.3, 0.4) is 0 Å². The summed E-state index contributed by atoms with van der Waals surface area (Å²) in [7, 11) is 0. The average molecular weight is 1090 g/mol. The Morgan fingerprint density at radius 3 is 1.57 bits per heavy atom. The van der Waals surface area contributed by atoms with Gasteiger partial charge < -0.3 is 109 Å². The Labute approximate surface area is 439 Å². The molecule has 4 aliphatic heterocycles. The van der Waals surface area contributed by atoms with Gasteiger partial charge in [-0.1, -0.05) is 44.4 Å². The average Bonchev–Trinajstić information content (AvgIpc) is 3.37. The van der Waals surface area contributed by atoms with E-state index in [-0.39, 0.29) is 5.56 Å². The summed E-state index contributed by atoms with van der Waals surface area (Å²) in [6.45, 7) is 2.73. The van der Waals surface area contributed by atoms with Gasteiger partial charge in [0.2, 0.25) is 17.7 Å². The van der Waals surface area contributed by atoms with Crippen molar-refractivity contribution in [3.63, 3.8) is 0 Å². The molecule has 20 atom stereocenters. The van der Waals surface area contributed by atoms with Gasteiger partial charge in [0.15, 0.2) is 25.2 Å². The van der Waals surface area contributed by atoms with Gasteiger partial charge in [0.05, 0.1) is 33.0 Å². The Morgan fingerprint density at radius 2 is 1.07 bits per heavy atom. The number of carbonyl (C=O) groups is 4. The fraction of sp³-hybridized carbons (Fsp3) is 0.750. The molecule has 26 nitrogen and oxygen atoms in total. The van der Waals surface area contributed by atoms with Crippen LogP contribution in [0.4, 0.5) is 0 Å². The summed E-state index contributed by atoms with van der Waals surface area (Å²) in [5, 5.41) is 109. The van der Waals surface area contributed by atoms with Crippen LogP contribution >= 0.6 is 12.9 Å². The van der Waals surface area contributed by atoms with E-state index in [1.807, 2.05) is 0 Å². The van der Waals surface area contributed by atoms with Crippen molar-refractivity contribution >= 4 is 36.5 Å². The molecule has 16 unspecified atom stereocenters. The maximum Gasteiger partial charge on any atom is 0.251 e. The molecule has 27 heteroatoms. The van der Waals surface area contributed by atoms with E-state index in [2.05, 4.69) is 53.3 Å². The maximum atomic E-state index is 13.8. The molecular weight excluding hydrogens is 1020 g/mol. The number of hydrogen-bond acceptors (Lipinski definition) is 23. The molecule has 0 saturated carbocycles. The summed E-state index contributed by atoms with van der Waals surface area (Å²) >= 11 is 3.73. The predicted octanol–water partition coefficient (Wildman–Crippen LogP) is -3.32. The number of benzene rings is 1. The van der Waals surface area contributed by atoms with Crippen LogP contribution < -0.4 is 26.0 Å². The number of unbranched alkanes of at least 4 members (excludes halogenated alkanes) is 5. The lowest BCUT2D eigenvalue weighted by Gasteiger charge is -2.51. The number of nitrogens with one attached hydrogen (secondary N) is 4. The first-order valence-electron chi connectivity index (χ1n) is 25.1. The van der Waals surface area contributed by atoms with Crippen molar-refractivity contribution in [3.8, 4) is 5.75 Å². The fourth-order valence-electron chi connectivity index (χ4n) is 9.27. The van der Waals surface area contributed by atoms with Crippen molar-refractivity contribution in [2.75, 3.05) is 33.0 Å². The van der Waals surface area contributed by atoms with Crippen LogP contribution in [-0.4, -0.2) is 225 Å². The van der Waals surface area contributed by atoms with Crippen molar-refractivity contribution in [1.82, 2.24) is 21.3 Å². The highest BCUT2D eigenvalue weighted by Gasteiger charge is 2.56. The van der Waals surface area contributed by atoms with E-state index in [0.29, 0.717) is 12.4 Å². The zero-order chi connectivity index (χ0) is 54.9. The standard InChI is InChI=1S/C48H76N4O22S/c1-5-6-7-8-9-10-11-12-13-17-66-27-16-14-15-26(18-27)44(64)52-33-37(60)36(59)28(19-53)69-46(33)72-41-29(20-54)70-47(34(39(41)62)50-24(3)57)73-42-30(21-55)71-48(35(40(42)63)51-25(4)58)74-43-31(22-67-75)68-45(65)32(38(43)61)49-23(2)56/h10-11,14-16,18,28-43,45-48,53-55,59-63,65,75H,5-9,12-13,17,19-22H2,1-4H3,(H,49,56)(H,50,57)(H,51,58)(H,52,64)/b11-10-/t28?,29?,30?,31?,32-,33-,34-,35-,36?,37?,38?,39?,40?,41?,42?,43?,45?,46?,47?,48?/m0/s1. The van der Waals surface area contributed by atoms with Gasteiger partial charge in [0.25, 0.3) is 5.91 Å². The number of ether oxygens (including phenoxy) is 8. The third-order valence-corrected chi connectivity index (χ3v) is 13.2. The molecule has 4 fully saturated rings. The van der Waals surface area contributed by atoms with Crippen LogP contribution in [0.5, 0.6) is 5.75 Å². The minimum atomic E-state index is -1.93. The first-order chi connectivity index (χ1) is 35.9. The van der Waals surface area contributed by atoms with E-state index in [9.17, 15) is 65.1 Å². The largest absolute Gasteiger partial charge is 0.494 e. The summed E-state index contributed by atoms with van der Waals surface area (Å²) in [5.41, 5.74) is 0.0844. The molecule has 0 radical (unpaired) electrons. The van der Waals surface area contributed by atoms with Gasteiger partial charge in [-0.25, -0.2) is 0 Å². The zero-order valence-corrected chi connectivity index (χ0v) is 43.2. The number of aliphatic hydroxyl groups excluding tert-OH is 9. The monoisotopic (exact) mass is 1090 g/mol. The van der Waals surface area contributed by atoms with Crippen molar-refractivity contribution in [3.05, 3.63) is 42.0 Å². The van der Waals surface area contributed by atoms with Crippen LogP contribution in [0.25, 0.3) is 0 Å². The van der Waals surface area contributed by atoms with E-state index >= 15 is 0 Å². The Balaban J connectivity index is 1.33. The van der Waals surface area contributed by atoms with E-state index in [1.54, 1.807) is 12.1 Å². The Morgan fingerprint density at radius 1 is 0.587 bits per heavy atom. The Bertz CT molecular complexity index is 1980. The second-order valence-electron chi connectivity index (χ2n) is 18.8. The van der Waals surface area contributed by atoms with Gasteiger partial charge >= 0.3 is 0 Å². The lowest BCUT2D eigenvalue weighted by Crippen LogP contribution is -2.71. The maximum absolute atomic E-state index is 13.8. The molecule has 426 valence electrons. The van der Waals surface area contributed by atoms with Gasteiger partial charge in [-0.05, 0) is 56.8 Å². The van der Waals surface area contributed by atoms with Crippen LogP contribution in [0.15, 0.2) is 36.4 Å². The van der Waals surface area contributed by atoms with Gasteiger partial charge in [0, 0.05) is 26.3 Å². The number of aliphatic hydroxyl groups is 9. The van der Waals surface area contributed by atoms with Crippen LogP contribution in [0.1, 0.15) is 83.0 Å². The first kappa shape index (κ1) is 62.2. The molecule has 1 aromatic carbocycles. The Hall–Kier alpha value is -3.69. The van der Waals surface area contributed by atoms with Crippen LogP contribution in [0, 0.1) is 0 Å². The summed E-state index contributed by atoms with van der Waals surface area (Å²) < 4.78 is 52.7. The smallest absolute Gasteiger partial charge is 0.251 e. The van der Waals surface area contributed by atoms with Crippen LogP contribution in [-0.2, 0) is 51.7 Å². The third kappa shape index (κ3) is 16.9. The molecule has 0 aliphatic carbocycles. The number of carbonyl (C=O) groups excluding carboxylic acids is 4. The number of thiol groups is 1. The molecule has 0 bridgehead atoms. The molecule has 13 N–H and O–H groups in total. The first-order valence-corrected chi connectivity index (χ1v) is 25.5. The summed E-state index contributed by atoms with van der Waals surface area (Å²) in [6, 6.07) is -0.118. The Kier molecular flexibility index (Phi) is 25.2. The highest BCUT2D eigenvalue weighted by Crippen LogP contribution is 2.35. The number of amides is 4. The van der Waals surface area contributed by atoms with E-state index in [4.69, 9.17) is 42.1 Å². The lowest BCUT2D eigenvalue weighted by molar-refractivity contribution is -0.361. The minimum absolute atomic E-state index is 0.0844. The molecule has 1 aromatic rings. The highest BCUT2D eigenvalue weighted by atomic mass is 32.1. The van der Waals surface area contributed by atoms with Gasteiger partial charge in [0.1, 0.15) is 103 Å². The molecule has 0 spiro atoms. The van der Waals surface area contributed by atoms with Crippen molar-refractivity contribution in [1.29, 1.82) is 0 Å². The molecule has 4 amide bonds. The lowest BCUT2D eigenvalue weighted by atomic mass is 9.93. The van der Waals surface area contributed by atoms with Gasteiger partial charge in [-0.2, -0.15) is 0 Å². The van der Waals surface area contributed by atoms with Crippen LogP contribution in [0.2, 0.25) is 0 Å². The molecule has 0 aromatic heterocycles. The topological polar surface area (TPSA) is 382 Å². The quantitative estimate of drug-likeness (QED) is 0.0187. The number of rotatable bonds is 26. The molecular formula is C48H76N4O22S. The van der Waals surface area contributed by atoms with E-state index in [0.717, 1.165) is 46.5 Å². The van der Waals surface area contributed by atoms with Crippen molar-refractivity contribution in [2.24, 2.45) is 0 Å². The number of hydrogen-bond donors (Lipinski definition) is 14. The summed E-state index contributed by atoms with van der Waals surface area (Å²) in [4.78, 5) is 51.0. The molecule has 4 heterocycles. The fourth-order valence-corrected chi connectivity index (χ4v) is 9.42. The second kappa shape index (κ2) is 30.5. The summed E-state index contributed by atoms with van der Waals surface area (Å²) in [6.07, 6.45) is -15.6. The van der Waals surface area contributed by atoms with Gasteiger partial charge in [-0.15, -0.1) is 0 Å². The number of allylic oxidation sites excluding steroid dienone is 2. The third-order valence-electron chi connectivity index (χ3n) is 13.1. The molecule has 4 aliphatic rings. The van der Waals surface area contributed by atoms with Crippen molar-refractivity contribution < 1.29 is 107 Å². The molecule has 4 saturated heterocycles. The normalized spacial score (nSPS) is 36.1. The van der Waals surface area contributed by atoms with Crippen molar-refractivity contribution in [2.45, 2.75) is 195 Å². The van der Waals surface area contributed by atoms with E-state index in [1.165, 1.54) is 31.4 Å². The van der Waals surface area contributed by atoms with E-state index < -0.39 is 173 Å². The zero-order valence-electron chi connectivity index (χ0n) is 42.3.